The second-order valence-electron chi connectivity index (χ2n) is 8.71. The Bertz CT molecular complexity index is 1490. The van der Waals surface area contributed by atoms with Crippen molar-refractivity contribution in [2.24, 2.45) is 5.92 Å². The number of aromatic nitrogens is 2. The summed E-state index contributed by atoms with van der Waals surface area (Å²) in [4.78, 5) is 35.3. The van der Waals surface area contributed by atoms with Gasteiger partial charge in [-0.15, -0.1) is 0 Å². The molecule has 2 aromatic heterocycles. The minimum atomic E-state index is -3.62. The van der Waals surface area contributed by atoms with E-state index in [1.54, 1.807) is 78.0 Å². The van der Waals surface area contributed by atoms with E-state index in [9.17, 15) is 18.0 Å². The van der Waals surface area contributed by atoms with Crippen molar-refractivity contribution < 1.29 is 18.0 Å². The molecule has 1 fully saturated rings. The van der Waals surface area contributed by atoms with E-state index in [1.807, 2.05) is 12.1 Å². The molecule has 0 aliphatic carbocycles. The van der Waals surface area contributed by atoms with Crippen molar-refractivity contribution in [3.8, 4) is 0 Å². The van der Waals surface area contributed by atoms with Crippen LogP contribution in [-0.2, 0) is 15.6 Å². The molecule has 1 aliphatic rings. The molecule has 3 heterocycles. The third-order valence-electron chi connectivity index (χ3n) is 6.16. The van der Waals surface area contributed by atoms with Crippen LogP contribution in [-0.4, -0.2) is 48.1 Å². The molecule has 0 spiro atoms. The minimum Gasteiger partial charge on any atom is -0.338 e. The Morgan fingerprint density at radius 1 is 0.857 bits per heavy atom. The van der Waals surface area contributed by atoms with Crippen LogP contribution in [0.3, 0.4) is 0 Å². The molecule has 176 valence electrons. The molecule has 1 saturated heterocycles. The van der Waals surface area contributed by atoms with Gasteiger partial charge in [0.25, 0.3) is 5.91 Å². The standard InChI is InChI=1S/C27H23N3O4S/c31-24(23-7-1-2-13-28-23)15-20-16-30(17-20)27(32)22-11-9-19(10-12-22)18-35(33,34)25-8-3-5-21-6-4-14-29-26(21)25/h1-14,20H,15-18H2. The third kappa shape index (κ3) is 4.83. The van der Waals surface area contributed by atoms with Crippen LogP contribution in [0.4, 0.5) is 0 Å². The maximum atomic E-state index is 13.1. The summed E-state index contributed by atoms with van der Waals surface area (Å²) in [7, 11) is -3.62. The number of benzene rings is 2. The van der Waals surface area contributed by atoms with Gasteiger partial charge in [-0.1, -0.05) is 36.4 Å². The van der Waals surface area contributed by atoms with Gasteiger partial charge in [-0.05, 0) is 42.0 Å². The smallest absolute Gasteiger partial charge is 0.253 e. The molecule has 4 aromatic rings. The zero-order valence-corrected chi connectivity index (χ0v) is 19.7. The molecule has 0 saturated carbocycles. The van der Waals surface area contributed by atoms with Gasteiger partial charge in [-0.3, -0.25) is 19.6 Å². The average Bonchev–Trinajstić information content (AvgIpc) is 2.86. The molecule has 0 N–H and O–H groups in total. The van der Waals surface area contributed by atoms with Crippen LogP contribution >= 0.6 is 0 Å². The van der Waals surface area contributed by atoms with Gasteiger partial charge >= 0.3 is 0 Å². The number of nitrogens with zero attached hydrogens (tertiary/aromatic N) is 3. The molecule has 0 radical (unpaired) electrons. The van der Waals surface area contributed by atoms with Crippen molar-refractivity contribution in [3.05, 3.63) is 102 Å². The Balaban J connectivity index is 1.21. The second kappa shape index (κ2) is 9.38. The summed E-state index contributed by atoms with van der Waals surface area (Å²) < 4.78 is 26.2. The zero-order valence-electron chi connectivity index (χ0n) is 18.9. The van der Waals surface area contributed by atoms with Gasteiger partial charge in [0, 0.05) is 48.8 Å². The first-order valence-corrected chi connectivity index (χ1v) is 12.9. The van der Waals surface area contributed by atoms with Gasteiger partial charge in [0.15, 0.2) is 15.6 Å². The molecule has 0 unspecified atom stereocenters. The highest BCUT2D eigenvalue weighted by atomic mass is 32.2. The number of sulfone groups is 1. The predicted octanol–water partition coefficient (Wildman–Crippen LogP) is 3.95. The topological polar surface area (TPSA) is 97.3 Å². The van der Waals surface area contributed by atoms with Crippen LogP contribution in [0.1, 0.15) is 32.8 Å². The van der Waals surface area contributed by atoms with Crippen LogP contribution in [0.5, 0.6) is 0 Å². The summed E-state index contributed by atoms with van der Waals surface area (Å²) in [6.45, 7) is 1.03. The summed E-state index contributed by atoms with van der Waals surface area (Å²) in [5, 5.41) is 0.768. The van der Waals surface area contributed by atoms with Crippen LogP contribution in [0.2, 0.25) is 0 Å². The van der Waals surface area contributed by atoms with E-state index < -0.39 is 9.84 Å². The van der Waals surface area contributed by atoms with Crippen molar-refractivity contribution in [1.29, 1.82) is 0 Å². The number of amides is 1. The number of ketones is 1. The van der Waals surface area contributed by atoms with Gasteiger partial charge in [0.2, 0.25) is 0 Å². The molecule has 1 aliphatic heterocycles. The summed E-state index contributed by atoms with van der Waals surface area (Å²) in [6, 6.07) is 20.6. The highest BCUT2D eigenvalue weighted by molar-refractivity contribution is 7.90. The number of para-hydroxylation sites is 1. The van der Waals surface area contributed by atoms with E-state index in [0.717, 1.165) is 5.39 Å². The van der Waals surface area contributed by atoms with Crippen LogP contribution in [0.15, 0.2) is 90.1 Å². The SMILES string of the molecule is O=C(CC1CN(C(=O)c2ccc(CS(=O)(=O)c3cccc4cccnc34)cc2)C1)c1ccccn1. The predicted molar refractivity (Wildman–Crippen MR) is 132 cm³/mol. The van der Waals surface area contributed by atoms with Gasteiger partial charge in [-0.25, -0.2) is 8.42 Å². The van der Waals surface area contributed by atoms with E-state index in [2.05, 4.69) is 9.97 Å². The number of fused-ring (bicyclic) bond motifs is 1. The first kappa shape index (κ1) is 22.9. The lowest BCUT2D eigenvalue weighted by molar-refractivity contribution is 0.0469. The van der Waals surface area contributed by atoms with Crippen molar-refractivity contribution >= 4 is 32.4 Å². The van der Waals surface area contributed by atoms with Gasteiger partial charge < -0.3 is 4.90 Å². The minimum absolute atomic E-state index is 0.0188. The van der Waals surface area contributed by atoms with E-state index in [4.69, 9.17) is 0 Å². The van der Waals surface area contributed by atoms with Gasteiger partial charge in [0.1, 0.15) is 5.69 Å². The van der Waals surface area contributed by atoms with Gasteiger partial charge in [0.05, 0.1) is 16.2 Å². The van der Waals surface area contributed by atoms with E-state index in [0.29, 0.717) is 41.8 Å². The Morgan fingerprint density at radius 2 is 1.60 bits per heavy atom. The molecule has 8 heteroatoms. The number of rotatable bonds is 7. The van der Waals surface area contributed by atoms with Crippen LogP contribution in [0, 0.1) is 5.92 Å². The number of pyridine rings is 2. The van der Waals surface area contributed by atoms with E-state index in [-0.39, 0.29) is 28.3 Å². The summed E-state index contributed by atoms with van der Waals surface area (Å²) in [6.07, 6.45) is 3.54. The molecular formula is C27H23N3O4S. The Hall–Kier alpha value is -3.91. The zero-order chi connectivity index (χ0) is 24.4. The number of Topliss-reactive ketones (excluding diaryl/α,β-unsaturated/α-hetero) is 1. The lowest BCUT2D eigenvalue weighted by atomic mass is 9.92. The van der Waals surface area contributed by atoms with E-state index >= 15 is 0 Å². The van der Waals surface area contributed by atoms with Crippen LogP contribution in [0.25, 0.3) is 10.9 Å². The summed E-state index contributed by atoms with van der Waals surface area (Å²) in [5.74, 6) is -0.209. The Kier molecular flexibility index (Phi) is 6.13. The molecule has 0 bridgehead atoms. The largest absolute Gasteiger partial charge is 0.338 e. The maximum Gasteiger partial charge on any atom is 0.253 e. The summed E-state index contributed by atoms with van der Waals surface area (Å²) in [5.41, 5.74) is 1.99. The molecule has 5 rings (SSSR count). The molecule has 7 nitrogen and oxygen atoms in total. The van der Waals surface area contributed by atoms with Crippen molar-refractivity contribution in [1.82, 2.24) is 14.9 Å². The fourth-order valence-corrected chi connectivity index (χ4v) is 5.85. The summed E-state index contributed by atoms with van der Waals surface area (Å²) >= 11 is 0. The number of carbonyl (C=O) groups excluding carboxylic acids is 2. The van der Waals surface area contributed by atoms with Crippen LogP contribution < -0.4 is 0 Å². The lowest BCUT2D eigenvalue weighted by Gasteiger charge is -2.39. The molecular weight excluding hydrogens is 462 g/mol. The van der Waals surface area contributed by atoms with Crippen molar-refractivity contribution in [2.45, 2.75) is 17.1 Å². The Labute approximate surface area is 203 Å². The van der Waals surface area contributed by atoms with Crippen molar-refractivity contribution in [3.63, 3.8) is 0 Å². The molecule has 35 heavy (non-hydrogen) atoms. The maximum absolute atomic E-state index is 13.1. The third-order valence-corrected chi connectivity index (χ3v) is 7.87. The molecule has 1 amide bonds. The van der Waals surface area contributed by atoms with Gasteiger partial charge in [-0.2, -0.15) is 0 Å². The monoisotopic (exact) mass is 485 g/mol. The fraction of sp³-hybridized carbons (Fsp3) is 0.185. The normalized spacial score (nSPS) is 14.0. The first-order chi connectivity index (χ1) is 16.9. The first-order valence-electron chi connectivity index (χ1n) is 11.3. The quantitative estimate of drug-likeness (QED) is 0.368. The fourth-order valence-electron chi connectivity index (χ4n) is 4.31. The number of hydrogen-bond donors (Lipinski definition) is 0. The highest BCUT2D eigenvalue weighted by Crippen LogP contribution is 2.26. The lowest BCUT2D eigenvalue weighted by Crippen LogP contribution is -2.50. The molecule has 2 aromatic carbocycles. The number of hydrogen-bond acceptors (Lipinski definition) is 6. The highest BCUT2D eigenvalue weighted by Gasteiger charge is 2.33. The van der Waals surface area contributed by atoms with Crippen molar-refractivity contribution in [2.75, 3.05) is 13.1 Å². The number of carbonyl (C=O) groups is 2. The average molecular weight is 486 g/mol. The number of likely N-dealkylation sites (tertiary alicyclic amines) is 1. The molecule has 0 atom stereocenters. The Morgan fingerprint density at radius 3 is 2.34 bits per heavy atom. The van der Waals surface area contributed by atoms with E-state index in [1.165, 1.54) is 0 Å². The second-order valence-corrected chi connectivity index (χ2v) is 10.7.